The van der Waals surface area contributed by atoms with Crippen molar-refractivity contribution < 1.29 is 0 Å². The topological polar surface area (TPSA) is 38.4 Å². The zero-order valence-electron chi connectivity index (χ0n) is 7.44. The molecule has 0 radical (unpaired) electrons. The van der Waals surface area contributed by atoms with Crippen molar-refractivity contribution in [3.63, 3.8) is 0 Å². The summed E-state index contributed by atoms with van der Waals surface area (Å²) in [7, 11) is 0. The van der Waals surface area contributed by atoms with Crippen LogP contribution in [0.2, 0.25) is 10.0 Å². The van der Waals surface area contributed by atoms with E-state index in [1.54, 1.807) is 13.0 Å². The van der Waals surface area contributed by atoms with Crippen LogP contribution in [0.1, 0.15) is 12.5 Å². The number of halogens is 2. The second-order valence-electron chi connectivity index (χ2n) is 2.78. The summed E-state index contributed by atoms with van der Waals surface area (Å²) in [5, 5.41) is 1.07. The molecule has 2 N–H and O–H groups in total. The molecule has 0 saturated heterocycles. The highest BCUT2D eigenvalue weighted by atomic mass is 35.5. The van der Waals surface area contributed by atoms with Gasteiger partial charge in [0.15, 0.2) is 0 Å². The van der Waals surface area contributed by atoms with E-state index in [0.717, 1.165) is 5.56 Å². The minimum atomic E-state index is 0.439. The summed E-state index contributed by atoms with van der Waals surface area (Å²) in [5.74, 6) is 0.439. The molecule has 0 aliphatic carbocycles. The Morgan fingerprint density at radius 3 is 2.54 bits per heavy atom. The highest BCUT2D eigenvalue weighted by molar-refractivity contribution is 6.39. The Hall–Kier alpha value is -0.730. The van der Waals surface area contributed by atoms with Gasteiger partial charge < -0.3 is 5.73 Å². The van der Waals surface area contributed by atoms with Crippen LogP contribution < -0.4 is 5.73 Å². The average molecular weight is 217 g/mol. The number of aryl methyl sites for hydroxylation is 1. The molecule has 0 aliphatic rings. The first-order valence-electron chi connectivity index (χ1n) is 3.77. The van der Waals surface area contributed by atoms with Crippen LogP contribution in [0.4, 0.5) is 5.69 Å². The molecule has 70 valence electrons. The molecule has 0 aromatic heterocycles. The third-order valence-electron chi connectivity index (χ3n) is 1.55. The SMILES string of the molecule is CC(N)=Nc1c(Cl)ccc(C)c1Cl. The maximum Gasteiger partial charge on any atom is 0.102 e. The molecule has 1 aromatic rings. The summed E-state index contributed by atoms with van der Waals surface area (Å²) in [6, 6.07) is 3.60. The third-order valence-corrected chi connectivity index (χ3v) is 2.33. The maximum atomic E-state index is 6.00. The van der Waals surface area contributed by atoms with E-state index in [2.05, 4.69) is 4.99 Å². The number of hydrogen-bond acceptors (Lipinski definition) is 1. The number of amidine groups is 1. The molecule has 0 amide bonds. The molecule has 0 atom stereocenters. The van der Waals surface area contributed by atoms with Crippen molar-refractivity contribution in [1.82, 2.24) is 0 Å². The quantitative estimate of drug-likeness (QED) is 0.568. The number of hydrogen-bond donors (Lipinski definition) is 1. The standard InChI is InChI=1S/C9H10Cl2N2/c1-5-3-4-7(10)9(8(5)11)13-6(2)12/h3-4H,1-2H3,(H2,12,13). The van der Waals surface area contributed by atoms with Crippen LogP contribution in [0.15, 0.2) is 17.1 Å². The lowest BCUT2D eigenvalue weighted by atomic mass is 10.2. The van der Waals surface area contributed by atoms with Gasteiger partial charge in [-0.2, -0.15) is 0 Å². The molecule has 2 nitrogen and oxygen atoms in total. The highest BCUT2D eigenvalue weighted by Gasteiger charge is 2.06. The van der Waals surface area contributed by atoms with Crippen LogP contribution >= 0.6 is 23.2 Å². The van der Waals surface area contributed by atoms with Gasteiger partial charge in [-0.25, -0.2) is 4.99 Å². The van der Waals surface area contributed by atoms with Gasteiger partial charge in [-0.05, 0) is 25.5 Å². The largest absolute Gasteiger partial charge is 0.387 e. The maximum absolute atomic E-state index is 6.00. The van der Waals surface area contributed by atoms with Crippen LogP contribution in [0.3, 0.4) is 0 Å². The second-order valence-corrected chi connectivity index (χ2v) is 3.57. The predicted molar refractivity (Wildman–Crippen MR) is 58.2 cm³/mol. The molecule has 4 heteroatoms. The predicted octanol–water partition coefficient (Wildman–Crippen LogP) is 3.31. The van der Waals surface area contributed by atoms with E-state index in [1.807, 2.05) is 13.0 Å². The van der Waals surface area contributed by atoms with Gasteiger partial charge >= 0.3 is 0 Å². The Morgan fingerprint density at radius 2 is 2.00 bits per heavy atom. The fourth-order valence-electron chi connectivity index (χ4n) is 0.921. The van der Waals surface area contributed by atoms with Gasteiger partial charge in [-0.1, -0.05) is 29.3 Å². The normalized spacial score (nSPS) is 11.8. The van der Waals surface area contributed by atoms with Crippen molar-refractivity contribution in [3.05, 3.63) is 27.7 Å². The van der Waals surface area contributed by atoms with Gasteiger partial charge in [0.2, 0.25) is 0 Å². The molecule has 0 heterocycles. The van der Waals surface area contributed by atoms with Gasteiger partial charge in [0, 0.05) is 0 Å². The molecule has 0 spiro atoms. The average Bonchev–Trinajstić information content (AvgIpc) is 2.05. The first-order chi connectivity index (χ1) is 6.02. The van der Waals surface area contributed by atoms with E-state index in [-0.39, 0.29) is 0 Å². The number of rotatable bonds is 1. The minimum absolute atomic E-state index is 0.439. The first-order valence-corrected chi connectivity index (χ1v) is 4.53. The van der Waals surface area contributed by atoms with Crippen molar-refractivity contribution in [3.8, 4) is 0 Å². The Bertz CT molecular complexity index is 355. The summed E-state index contributed by atoms with van der Waals surface area (Å²) < 4.78 is 0. The fraction of sp³-hybridized carbons (Fsp3) is 0.222. The van der Waals surface area contributed by atoms with E-state index in [1.165, 1.54) is 0 Å². The molecule has 0 saturated carbocycles. The summed E-state index contributed by atoms with van der Waals surface area (Å²) >= 11 is 11.9. The zero-order chi connectivity index (χ0) is 10.0. The van der Waals surface area contributed by atoms with E-state index in [9.17, 15) is 0 Å². The fourth-order valence-corrected chi connectivity index (χ4v) is 1.38. The molecule has 0 aliphatic heterocycles. The van der Waals surface area contributed by atoms with Gasteiger partial charge in [0.05, 0.1) is 15.9 Å². The van der Waals surface area contributed by atoms with Crippen LogP contribution in [0.25, 0.3) is 0 Å². The zero-order valence-corrected chi connectivity index (χ0v) is 8.95. The highest BCUT2D eigenvalue weighted by Crippen LogP contribution is 2.35. The molecule has 1 rings (SSSR count). The van der Waals surface area contributed by atoms with Crippen LogP contribution in [-0.4, -0.2) is 5.84 Å². The van der Waals surface area contributed by atoms with Crippen molar-refractivity contribution in [2.24, 2.45) is 10.7 Å². The lowest BCUT2D eigenvalue weighted by Crippen LogP contribution is -2.04. The van der Waals surface area contributed by atoms with Crippen molar-refractivity contribution in [2.75, 3.05) is 0 Å². The molecular formula is C9H10Cl2N2. The lowest BCUT2D eigenvalue weighted by Gasteiger charge is -2.04. The third kappa shape index (κ3) is 2.36. The van der Waals surface area contributed by atoms with Gasteiger partial charge in [0.25, 0.3) is 0 Å². The minimum Gasteiger partial charge on any atom is -0.387 e. The summed E-state index contributed by atoms with van der Waals surface area (Å²) in [5.41, 5.74) is 6.93. The van der Waals surface area contributed by atoms with Crippen LogP contribution in [0, 0.1) is 6.92 Å². The number of nitrogens with two attached hydrogens (primary N) is 1. The molecule has 0 fully saturated rings. The van der Waals surface area contributed by atoms with Crippen LogP contribution in [-0.2, 0) is 0 Å². The second kappa shape index (κ2) is 3.99. The summed E-state index contributed by atoms with van der Waals surface area (Å²) in [6.45, 7) is 3.58. The summed E-state index contributed by atoms with van der Waals surface area (Å²) in [4.78, 5) is 4.05. The number of nitrogens with zero attached hydrogens (tertiary/aromatic N) is 1. The molecular weight excluding hydrogens is 207 g/mol. The van der Waals surface area contributed by atoms with E-state index >= 15 is 0 Å². The first kappa shape index (κ1) is 10.4. The van der Waals surface area contributed by atoms with E-state index < -0.39 is 0 Å². The van der Waals surface area contributed by atoms with Crippen LogP contribution in [0.5, 0.6) is 0 Å². The smallest absolute Gasteiger partial charge is 0.102 e. The number of aliphatic imine (C=N–C) groups is 1. The van der Waals surface area contributed by atoms with Crippen molar-refractivity contribution >= 4 is 34.7 Å². The monoisotopic (exact) mass is 216 g/mol. The Morgan fingerprint density at radius 1 is 1.38 bits per heavy atom. The van der Waals surface area contributed by atoms with Gasteiger partial charge in [-0.3, -0.25) is 0 Å². The Balaban J connectivity index is 3.34. The molecule has 0 unspecified atom stereocenters. The van der Waals surface area contributed by atoms with Gasteiger partial charge in [0.1, 0.15) is 5.69 Å². The lowest BCUT2D eigenvalue weighted by molar-refractivity contribution is 1.40. The molecule has 1 aromatic carbocycles. The van der Waals surface area contributed by atoms with Gasteiger partial charge in [-0.15, -0.1) is 0 Å². The van der Waals surface area contributed by atoms with E-state index in [0.29, 0.717) is 21.6 Å². The molecule has 0 bridgehead atoms. The Kier molecular flexibility index (Phi) is 3.17. The molecule has 13 heavy (non-hydrogen) atoms. The Labute approximate surface area is 87.4 Å². The summed E-state index contributed by atoms with van der Waals surface area (Å²) in [6.07, 6.45) is 0. The number of benzene rings is 1. The van der Waals surface area contributed by atoms with Crippen molar-refractivity contribution in [2.45, 2.75) is 13.8 Å². The van der Waals surface area contributed by atoms with E-state index in [4.69, 9.17) is 28.9 Å². The van der Waals surface area contributed by atoms with Crippen molar-refractivity contribution in [1.29, 1.82) is 0 Å².